The number of hydrogen-bond donors (Lipinski definition) is 3. The molecule has 170 valence electrons. The zero-order valence-electron chi connectivity index (χ0n) is 18.1. The van der Waals surface area contributed by atoms with E-state index in [0.29, 0.717) is 37.9 Å². The van der Waals surface area contributed by atoms with Gasteiger partial charge in [0.25, 0.3) is 0 Å². The minimum absolute atomic E-state index is 0.0264. The molecular formula is C22H37FN4O3. The largest absolute Gasteiger partial charge is 0.387 e. The number of carbonyl (C=O) groups excluding carboxylic acids is 2. The first-order chi connectivity index (χ1) is 14.5. The molecule has 2 aliphatic heterocycles. The van der Waals surface area contributed by atoms with Crippen LogP contribution in [-0.2, 0) is 9.59 Å². The highest BCUT2D eigenvalue weighted by Gasteiger charge is 2.46. The van der Waals surface area contributed by atoms with Crippen LogP contribution in [0.5, 0.6) is 0 Å². The van der Waals surface area contributed by atoms with Crippen molar-refractivity contribution in [2.45, 2.75) is 82.2 Å². The molecule has 0 bridgehead atoms. The molecule has 2 heterocycles. The number of amides is 2. The van der Waals surface area contributed by atoms with E-state index in [2.05, 4.69) is 22.5 Å². The van der Waals surface area contributed by atoms with Crippen LogP contribution >= 0.6 is 0 Å². The van der Waals surface area contributed by atoms with E-state index in [1.54, 1.807) is 4.90 Å². The zero-order chi connectivity index (χ0) is 21.3. The lowest BCUT2D eigenvalue weighted by molar-refractivity contribution is -0.136. The molecule has 4 fully saturated rings. The summed E-state index contributed by atoms with van der Waals surface area (Å²) in [6.07, 6.45) is 5.47. The first-order valence-corrected chi connectivity index (χ1v) is 11.8. The summed E-state index contributed by atoms with van der Waals surface area (Å²) in [7, 11) is 0. The summed E-state index contributed by atoms with van der Waals surface area (Å²) in [5.74, 6) is 0.238. The summed E-state index contributed by atoms with van der Waals surface area (Å²) < 4.78 is 14.3. The first kappa shape index (κ1) is 22.0. The molecule has 2 aliphatic carbocycles. The minimum Gasteiger partial charge on any atom is -0.387 e. The lowest BCUT2D eigenvalue weighted by Crippen LogP contribution is -2.55. The molecular weight excluding hydrogens is 387 g/mol. The van der Waals surface area contributed by atoms with Crippen molar-refractivity contribution < 1.29 is 19.1 Å². The molecule has 0 aromatic rings. The summed E-state index contributed by atoms with van der Waals surface area (Å²) in [5, 5.41) is 15.7. The summed E-state index contributed by atoms with van der Waals surface area (Å²) in [6.45, 7) is 4.70. The third-order valence-corrected chi connectivity index (χ3v) is 7.97. The summed E-state index contributed by atoms with van der Waals surface area (Å²) in [6, 6.07) is 0.440. The van der Waals surface area contributed by atoms with Crippen LogP contribution < -0.4 is 10.6 Å². The fourth-order valence-corrected chi connectivity index (χ4v) is 6.17. The van der Waals surface area contributed by atoms with Gasteiger partial charge in [-0.15, -0.1) is 0 Å². The maximum Gasteiger partial charge on any atom is 0.248 e. The Hall–Kier alpha value is -1.25. The van der Waals surface area contributed by atoms with E-state index in [4.69, 9.17) is 5.11 Å². The van der Waals surface area contributed by atoms with Crippen LogP contribution in [0.15, 0.2) is 0 Å². The van der Waals surface area contributed by atoms with Crippen molar-refractivity contribution in [3.8, 4) is 0 Å². The average Bonchev–Trinajstić information content (AvgIpc) is 3.23. The number of rotatable bonds is 4. The molecule has 3 N–H and O–H groups in total. The molecule has 0 aromatic carbocycles. The molecule has 4 rings (SSSR count). The van der Waals surface area contributed by atoms with Gasteiger partial charge in [0.2, 0.25) is 11.8 Å². The highest BCUT2D eigenvalue weighted by atomic mass is 19.1. The summed E-state index contributed by atoms with van der Waals surface area (Å²) >= 11 is 0. The number of carbonyl (C=O) groups is 2. The van der Waals surface area contributed by atoms with Crippen molar-refractivity contribution in [1.82, 2.24) is 20.4 Å². The first-order valence-electron chi connectivity index (χ1n) is 11.8. The van der Waals surface area contributed by atoms with Gasteiger partial charge in [0.15, 0.2) is 0 Å². The topological polar surface area (TPSA) is 84.9 Å². The predicted octanol–water partition coefficient (Wildman–Crippen LogP) is 0.665. The van der Waals surface area contributed by atoms with Gasteiger partial charge in [-0.05, 0) is 50.9 Å². The van der Waals surface area contributed by atoms with Crippen molar-refractivity contribution >= 4 is 11.8 Å². The molecule has 30 heavy (non-hydrogen) atoms. The van der Waals surface area contributed by atoms with Crippen LogP contribution in [-0.4, -0.2) is 89.8 Å². The third-order valence-electron chi connectivity index (χ3n) is 7.97. The molecule has 0 aromatic heterocycles. The SMILES string of the molecule is CC1CCC(F)C2CC(C(=O)N[C@@H]3CCC[C@@H](N4CCN(C(=O)CO)CC4)C3)NC12. The lowest BCUT2D eigenvalue weighted by atomic mass is 9.77. The quantitative estimate of drug-likeness (QED) is 0.618. The maximum atomic E-state index is 14.3. The molecule has 2 saturated heterocycles. The third kappa shape index (κ3) is 4.65. The van der Waals surface area contributed by atoms with Crippen molar-refractivity contribution in [1.29, 1.82) is 0 Å². The Balaban J connectivity index is 1.26. The van der Waals surface area contributed by atoms with Gasteiger partial charge >= 0.3 is 0 Å². The van der Waals surface area contributed by atoms with E-state index in [9.17, 15) is 14.0 Å². The van der Waals surface area contributed by atoms with E-state index in [1.807, 2.05) is 0 Å². The van der Waals surface area contributed by atoms with Crippen LogP contribution in [0, 0.1) is 11.8 Å². The van der Waals surface area contributed by atoms with Gasteiger partial charge in [-0.2, -0.15) is 0 Å². The molecule has 4 aliphatic rings. The Labute approximate surface area is 178 Å². The number of fused-ring (bicyclic) bond motifs is 1. The molecule has 7 atom stereocenters. The van der Waals surface area contributed by atoms with E-state index in [0.717, 1.165) is 45.2 Å². The van der Waals surface area contributed by atoms with E-state index >= 15 is 0 Å². The summed E-state index contributed by atoms with van der Waals surface area (Å²) in [5.41, 5.74) is 0. The number of piperazine rings is 1. The Morgan fingerprint density at radius 1 is 1.10 bits per heavy atom. The molecule has 8 heteroatoms. The monoisotopic (exact) mass is 424 g/mol. The Morgan fingerprint density at radius 2 is 1.87 bits per heavy atom. The number of halogens is 1. The van der Waals surface area contributed by atoms with Gasteiger partial charge in [-0.1, -0.05) is 6.92 Å². The fraction of sp³-hybridized carbons (Fsp3) is 0.909. The molecule has 0 spiro atoms. The molecule has 2 saturated carbocycles. The minimum atomic E-state index is -0.785. The number of hydrogen-bond acceptors (Lipinski definition) is 5. The van der Waals surface area contributed by atoms with Gasteiger partial charge in [0.05, 0.1) is 6.04 Å². The van der Waals surface area contributed by atoms with Gasteiger partial charge in [-0.25, -0.2) is 4.39 Å². The average molecular weight is 425 g/mol. The normalized spacial score (nSPS) is 40.1. The standard InChI is InChI=1S/C22H37FN4O3/c1-14-5-6-18(23)17-12-19(25-21(14)17)22(30)24-15-3-2-4-16(11-15)26-7-9-27(10-8-26)20(29)13-28/h14-19,21,25,28H,2-13H2,1H3,(H,24,30)/t14?,15-,16-,17?,18?,19?,21?/m1/s1. The van der Waals surface area contributed by atoms with Crippen LogP contribution in [0.1, 0.15) is 51.9 Å². The zero-order valence-corrected chi connectivity index (χ0v) is 18.1. The smallest absolute Gasteiger partial charge is 0.248 e. The van der Waals surface area contributed by atoms with Crippen molar-refractivity contribution in [2.75, 3.05) is 32.8 Å². The number of aliphatic hydroxyl groups excluding tert-OH is 1. The van der Waals surface area contributed by atoms with E-state index in [-0.39, 0.29) is 35.9 Å². The summed E-state index contributed by atoms with van der Waals surface area (Å²) in [4.78, 5) is 28.7. The molecule has 2 amide bonds. The Kier molecular flexibility index (Phi) is 6.95. The van der Waals surface area contributed by atoms with E-state index in [1.165, 1.54) is 0 Å². The number of nitrogens with one attached hydrogen (secondary N) is 2. The fourth-order valence-electron chi connectivity index (χ4n) is 6.17. The van der Waals surface area contributed by atoms with Gasteiger partial charge in [0.1, 0.15) is 12.8 Å². The number of aliphatic hydroxyl groups is 1. The van der Waals surface area contributed by atoms with Crippen LogP contribution in [0.25, 0.3) is 0 Å². The predicted molar refractivity (Wildman–Crippen MR) is 112 cm³/mol. The second-order valence-electron chi connectivity index (χ2n) is 9.82. The van der Waals surface area contributed by atoms with Crippen LogP contribution in [0.2, 0.25) is 0 Å². The second-order valence-corrected chi connectivity index (χ2v) is 9.82. The van der Waals surface area contributed by atoms with Crippen LogP contribution in [0.4, 0.5) is 4.39 Å². The number of nitrogens with zero attached hydrogens (tertiary/aromatic N) is 2. The van der Waals surface area contributed by atoms with Crippen molar-refractivity contribution in [3.63, 3.8) is 0 Å². The van der Waals surface area contributed by atoms with Crippen molar-refractivity contribution in [2.24, 2.45) is 11.8 Å². The van der Waals surface area contributed by atoms with Gasteiger partial charge < -0.3 is 20.6 Å². The van der Waals surface area contributed by atoms with Gasteiger partial charge in [0, 0.05) is 50.2 Å². The Morgan fingerprint density at radius 3 is 2.57 bits per heavy atom. The Bertz CT molecular complexity index is 610. The molecule has 5 unspecified atom stereocenters. The highest BCUT2D eigenvalue weighted by molar-refractivity contribution is 5.82. The highest BCUT2D eigenvalue weighted by Crippen LogP contribution is 2.38. The lowest BCUT2D eigenvalue weighted by Gasteiger charge is -2.42. The van der Waals surface area contributed by atoms with Gasteiger partial charge in [-0.3, -0.25) is 14.5 Å². The van der Waals surface area contributed by atoms with Crippen LogP contribution in [0.3, 0.4) is 0 Å². The second kappa shape index (κ2) is 9.49. The maximum absolute atomic E-state index is 14.3. The van der Waals surface area contributed by atoms with E-state index < -0.39 is 12.8 Å². The number of alkyl halides is 1. The molecule has 0 radical (unpaired) electrons. The van der Waals surface area contributed by atoms with Crippen molar-refractivity contribution in [3.05, 3.63) is 0 Å². The molecule has 7 nitrogen and oxygen atoms in total.